The number of rotatable bonds is 7. The summed E-state index contributed by atoms with van der Waals surface area (Å²) < 4.78 is 0. The second-order valence-corrected chi connectivity index (χ2v) is 8.61. The van der Waals surface area contributed by atoms with Crippen LogP contribution in [0.4, 0.5) is 5.69 Å². The number of carbonyl (C=O) groups is 3. The van der Waals surface area contributed by atoms with Crippen molar-refractivity contribution in [2.24, 2.45) is 5.73 Å². The van der Waals surface area contributed by atoms with Gasteiger partial charge in [-0.05, 0) is 41.3 Å². The number of likely N-dealkylation sites (tertiary alicyclic amines) is 1. The van der Waals surface area contributed by atoms with E-state index in [9.17, 15) is 19.5 Å². The highest BCUT2D eigenvalue weighted by Gasteiger charge is 2.29. The lowest BCUT2D eigenvalue weighted by atomic mass is 10.0. The quantitative estimate of drug-likeness (QED) is 0.601. The summed E-state index contributed by atoms with van der Waals surface area (Å²) in [6, 6.07) is 12.4. The van der Waals surface area contributed by atoms with Gasteiger partial charge in [0, 0.05) is 37.9 Å². The maximum Gasteiger partial charge on any atom is 0.248 e. The van der Waals surface area contributed by atoms with Crippen molar-refractivity contribution in [2.45, 2.75) is 31.4 Å². The Morgan fingerprint density at radius 3 is 2.81 bits per heavy atom. The van der Waals surface area contributed by atoms with E-state index in [1.165, 1.54) is 0 Å². The lowest BCUT2D eigenvalue weighted by molar-refractivity contribution is -0.131. The first kappa shape index (κ1) is 22.0. The molecule has 4 N–H and O–H groups in total. The Balaban J connectivity index is 1.55. The minimum Gasteiger partial charge on any atom is -0.392 e. The molecule has 3 amide bonds. The molecule has 0 aromatic heterocycles. The van der Waals surface area contributed by atoms with E-state index in [0.717, 1.165) is 28.9 Å². The standard InChI is InChI=1S/C24H28N4O4/c1-27(23(31)10-15-5-6-16-12-22(30)26-20(16)9-15)21(14-28-8-7-19(29)13-28)17-3-2-4-18(11-17)24(25)32/h2-6,9,11,19,21,29H,7-8,10,12-14H2,1H3,(H2,25,32)(H,26,30)/t19?,21-/m1/s1. The van der Waals surface area contributed by atoms with E-state index in [-0.39, 0.29) is 30.4 Å². The molecule has 1 fully saturated rings. The highest BCUT2D eigenvalue weighted by molar-refractivity contribution is 5.99. The Kier molecular flexibility index (Phi) is 6.25. The summed E-state index contributed by atoms with van der Waals surface area (Å²) in [5.74, 6) is -0.636. The summed E-state index contributed by atoms with van der Waals surface area (Å²) in [4.78, 5) is 40.3. The number of nitrogens with one attached hydrogen (secondary N) is 1. The Morgan fingerprint density at radius 1 is 1.28 bits per heavy atom. The summed E-state index contributed by atoms with van der Waals surface area (Å²) >= 11 is 0. The third-order valence-corrected chi connectivity index (χ3v) is 6.25. The molecule has 0 spiro atoms. The molecule has 168 valence electrons. The van der Waals surface area contributed by atoms with E-state index in [1.807, 2.05) is 24.3 Å². The first-order valence-corrected chi connectivity index (χ1v) is 10.8. The molecule has 8 heteroatoms. The number of aliphatic hydroxyl groups excluding tert-OH is 1. The first-order valence-electron chi connectivity index (χ1n) is 10.8. The molecule has 0 saturated carbocycles. The van der Waals surface area contributed by atoms with Gasteiger partial charge in [0.05, 0.1) is 25.0 Å². The number of nitrogens with zero attached hydrogens (tertiary/aromatic N) is 2. The maximum atomic E-state index is 13.2. The van der Waals surface area contributed by atoms with Gasteiger partial charge in [-0.1, -0.05) is 24.3 Å². The number of primary amides is 1. The van der Waals surface area contributed by atoms with Gasteiger partial charge in [-0.2, -0.15) is 0 Å². The van der Waals surface area contributed by atoms with Crippen LogP contribution in [0.15, 0.2) is 42.5 Å². The molecule has 2 atom stereocenters. The molecule has 1 saturated heterocycles. The molecule has 2 aromatic rings. The highest BCUT2D eigenvalue weighted by Crippen LogP contribution is 2.27. The lowest BCUT2D eigenvalue weighted by Gasteiger charge is -2.32. The van der Waals surface area contributed by atoms with Crippen molar-refractivity contribution in [1.82, 2.24) is 9.80 Å². The zero-order valence-electron chi connectivity index (χ0n) is 18.1. The van der Waals surface area contributed by atoms with Crippen molar-refractivity contribution in [3.8, 4) is 0 Å². The zero-order valence-corrected chi connectivity index (χ0v) is 18.1. The molecule has 0 aliphatic carbocycles. The van der Waals surface area contributed by atoms with Crippen LogP contribution in [-0.2, 0) is 22.4 Å². The molecule has 4 rings (SSSR count). The average molecular weight is 437 g/mol. The largest absolute Gasteiger partial charge is 0.392 e. The number of carbonyl (C=O) groups excluding carboxylic acids is 3. The molecule has 2 heterocycles. The van der Waals surface area contributed by atoms with Crippen molar-refractivity contribution in [1.29, 1.82) is 0 Å². The van der Waals surface area contributed by atoms with Crippen LogP contribution in [0, 0.1) is 0 Å². The molecule has 2 aliphatic heterocycles. The highest BCUT2D eigenvalue weighted by atomic mass is 16.3. The summed E-state index contributed by atoms with van der Waals surface area (Å²) in [6.07, 6.45) is 0.889. The molecule has 0 bridgehead atoms. The van der Waals surface area contributed by atoms with Crippen molar-refractivity contribution < 1.29 is 19.5 Å². The normalized spacial score (nSPS) is 18.8. The van der Waals surface area contributed by atoms with Crippen LogP contribution < -0.4 is 11.1 Å². The molecule has 0 radical (unpaired) electrons. The Bertz CT molecular complexity index is 1050. The zero-order chi connectivity index (χ0) is 22.8. The smallest absolute Gasteiger partial charge is 0.248 e. The Labute approximate surface area is 187 Å². The Hall–Kier alpha value is -3.23. The van der Waals surface area contributed by atoms with Crippen molar-refractivity contribution >= 4 is 23.4 Å². The van der Waals surface area contributed by atoms with E-state index in [1.54, 1.807) is 30.1 Å². The summed E-state index contributed by atoms with van der Waals surface area (Å²) in [6.45, 7) is 1.85. The van der Waals surface area contributed by atoms with Gasteiger partial charge < -0.3 is 21.1 Å². The minimum absolute atomic E-state index is 0.0391. The fourth-order valence-corrected chi connectivity index (χ4v) is 4.42. The summed E-state index contributed by atoms with van der Waals surface area (Å²) in [7, 11) is 1.76. The predicted octanol–water partition coefficient (Wildman–Crippen LogP) is 1.09. The van der Waals surface area contributed by atoms with Crippen molar-refractivity contribution in [3.05, 3.63) is 64.7 Å². The van der Waals surface area contributed by atoms with Gasteiger partial charge in [0.15, 0.2) is 0 Å². The lowest BCUT2D eigenvalue weighted by Crippen LogP contribution is -2.39. The van der Waals surface area contributed by atoms with Gasteiger partial charge in [0.2, 0.25) is 17.7 Å². The number of anilines is 1. The van der Waals surface area contributed by atoms with Crippen LogP contribution in [0.25, 0.3) is 0 Å². The number of hydrogen-bond acceptors (Lipinski definition) is 5. The predicted molar refractivity (Wildman–Crippen MR) is 120 cm³/mol. The molecular weight excluding hydrogens is 408 g/mol. The summed E-state index contributed by atoms with van der Waals surface area (Å²) in [5.41, 5.74) is 9.20. The summed E-state index contributed by atoms with van der Waals surface area (Å²) in [5, 5.41) is 12.7. The van der Waals surface area contributed by atoms with Gasteiger partial charge >= 0.3 is 0 Å². The van der Waals surface area contributed by atoms with E-state index in [4.69, 9.17) is 5.73 Å². The molecule has 8 nitrogen and oxygen atoms in total. The average Bonchev–Trinajstić information content (AvgIpc) is 3.35. The number of hydrogen-bond donors (Lipinski definition) is 3. The molecule has 2 aliphatic rings. The van der Waals surface area contributed by atoms with Crippen LogP contribution in [0.1, 0.15) is 39.5 Å². The molecule has 2 aromatic carbocycles. The number of aliphatic hydroxyl groups is 1. The monoisotopic (exact) mass is 436 g/mol. The SMILES string of the molecule is CN(C(=O)Cc1ccc2c(c1)NC(=O)C2)[C@H](CN1CCC(O)C1)c1cccc(C(N)=O)c1. The van der Waals surface area contributed by atoms with Gasteiger partial charge in [-0.25, -0.2) is 0 Å². The number of β-amino-alcohol motifs (C(OH)–C–C–N with tert-alkyl or cyclic N) is 1. The topological polar surface area (TPSA) is 116 Å². The van der Waals surface area contributed by atoms with Crippen LogP contribution in [-0.4, -0.2) is 65.4 Å². The molecule has 32 heavy (non-hydrogen) atoms. The van der Waals surface area contributed by atoms with Gasteiger partial charge in [0.1, 0.15) is 0 Å². The van der Waals surface area contributed by atoms with Crippen LogP contribution in [0.3, 0.4) is 0 Å². The third-order valence-electron chi connectivity index (χ3n) is 6.25. The third kappa shape index (κ3) is 4.81. The van der Waals surface area contributed by atoms with Crippen LogP contribution in [0.2, 0.25) is 0 Å². The van der Waals surface area contributed by atoms with E-state index in [0.29, 0.717) is 31.5 Å². The van der Waals surface area contributed by atoms with E-state index < -0.39 is 5.91 Å². The maximum absolute atomic E-state index is 13.2. The molecular formula is C24H28N4O4. The number of likely N-dealkylation sites (N-methyl/N-ethyl adjacent to an activating group) is 1. The number of benzene rings is 2. The number of nitrogens with two attached hydrogens (primary N) is 1. The van der Waals surface area contributed by atoms with Gasteiger partial charge in [0.25, 0.3) is 0 Å². The minimum atomic E-state index is -0.517. The fourth-order valence-electron chi connectivity index (χ4n) is 4.42. The van der Waals surface area contributed by atoms with Crippen LogP contribution in [0.5, 0.6) is 0 Å². The van der Waals surface area contributed by atoms with Crippen LogP contribution >= 0.6 is 0 Å². The van der Waals surface area contributed by atoms with Crippen molar-refractivity contribution in [3.63, 3.8) is 0 Å². The fraction of sp³-hybridized carbons (Fsp3) is 0.375. The second kappa shape index (κ2) is 9.10. The Morgan fingerprint density at radius 2 is 2.09 bits per heavy atom. The number of amides is 3. The van der Waals surface area contributed by atoms with Gasteiger partial charge in [-0.15, -0.1) is 0 Å². The molecule has 1 unspecified atom stereocenters. The number of fused-ring (bicyclic) bond motifs is 1. The van der Waals surface area contributed by atoms with Gasteiger partial charge in [-0.3, -0.25) is 19.3 Å². The van der Waals surface area contributed by atoms with E-state index in [2.05, 4.69) is 10.2 Å². The van der Waals surface area contributed by atoms with Crippen molar-refractivity contribution in [2.75, 3.05) is 32.0 Å². The first-order chi connectivity index (χ1) is 15.3. The van der Waals surface area contributed by atoms with E-state index >= 15 is 0 Å². The second-order valence-electron chi connectivity index (χ2n) is 8.61.